The zero-order chi connectivity index (χ0) is 31.8. The van der Waals surface area contributed by atoms with E-state index >= 15 is 0 Å². The smallest absolute Gasteiger partial charge is 0.173 e. The van der Waals surface area contributed by atoms with E-state index < -0.39 is 8.07 Å². The van der Waals surface area contributed by atoms with Gasteiger partial charge in [-0.1, -0.05) is 29.3 Å². The van der Waals surface area contributed by atoms with Gasteiger partial charge in [-0.15, -0.1) is 0 Å². The first-order valence-electron chi connectivity index (χ1n) is 14.5. The van der Waals surface area contributed by atoms with Crippen LogP contribution in [0.1, 0.15) is 44.4 Å². The highest BCUT2D eigenvalue weighted by atomic mass is 28.3. The summed E-state index contributed by atoms with van der Waals surface area (Å²) in [4.78, 5) is 0. The van der Waals surface area contributed by atoms with Gasteiger partial charge in [-0.25, -0.2) is 0 Å². The lowest BCUT2D eigenvalue weighted by molar-refractivity contribution is 0.389. The Labute approximate surface area is 258 Å². The lowest BCUT2D eigenvalue weighted by Crippen LogP contribution is -2.71. The highest BCUT2D eigenvalue weighted by molar-refractivity contribution is 7.14. The third kappa shape index (κ3) is 4.69. The Morgan fingerprint density at radius 3 is 0.930 bits per heavy atom. The zero-order valence-electron chi connectivity index (χ0n) is 28.0. The molecule has 230 valence electrons. The maximum absolute atomic E-state index is 6.34. The molecule has 7 heteroatoms. The summed E-state index contributed by atoms with van der Waals surface area (Å²) >= 11 is 0. The number of ether oxygens (including phenoxy) is 6. The average Bonchev–Trinajstić information content (AvgIpc) is 3.20. The van der Waals surface area contributed by atoms with Gasteiger partial charge in [-0.2, -0.15) is 0 Å². The van der Waals surface area contributed by atoms with Crippen LogP contribution in [0.15, 0.2) is 58.7 Å². The molecule has 0 spiro atoms. The molecule has 1 aliphatic carbocycles. The fourth-order valence-corrected chi connectivity index (χ4v) is 13.8. The zero-order valence-corrected chi connectivity index (χ0v) is 29.0. The molecule has 0 saturated heterocycles. The number of hydrogen-bond acceptors (Lipinski definition) is 6. The Bertz CT molecular complexity index is 1440. The van der Waals surface area contributed by atoms with E-state index in [-0.39, 0.29) is 5.54 Å². The molecular weight excluding hydrogens is 556 g/mol. The Morgan fingerprint density at radius 2 is 0.698 bits per heavy atom. The minimum Gasteiger partial charge on any atom is -0.496 e. The number of rotatable bonds is 10. The minimum absolute atomic E-state index is 0.0394. The van der Waals surface area contributed by atoms with Crippen molar-refractivity contribution in [3.05, 3.63) is 75.4 Å². The van der Waals surface area contributed by atoms with Crippen molar-refractivity contribution in [2.75, 3.05) is 42.7 Å². The lowest BCUT2D eigenvalue weighted by atomic mass is 10.1. The number of methoxy groups -OCH3 is 6. The van der Waals surface area contributed by atoms with Crippen molar-refractivity contribution < 1.29 is 28.4 Å². The number of allylic oxidation sites excluding steroid dienone is 4. The quantitative estimate of drug-likeness (QED) is 0.204. The number of benzene rings is 3. The van der Waals surface area contributed by atoms with E-state index in [0.717, 1.165) is 66.7 Å². The molecule has 43 heavy (non-hydrogen) atoms. The second-order valence-electron chi connectivity index (χ2n) is 11.3. The van der Waals surface area contributed by atoms with Gasteiger partial charge in [0, 0.05) is 22.2 Å². The second kappa shape index (κ2) is 12.4. The molecular formula is C36H46O6Si. The van der Waals surface area contributed by atoms with Crippen molar-refractivity contribution >= 4 is 23.6 Å². The molecule has 0 unspecified atom stereocenters. The Hall–Kier alpha value is -3.84. The van der Waals surface area contributed by atoms with Crippen LogP contribution in [0.3, 0.4) is 0 Å². The Balaban J connectivity index is 2.42. The van der Waals surface area contributed by atoms with E-state index in [0.29, 0.717) is 0 Å². The molecule has 0 saturated carbocycles. The van der Waals surface area contributed by atoms with E-state index in [9.17, 15) is 0 Å². The van der Waals surface area contributed by atoms with Gasteiger partial charge < -0.3 is 28.4 Å². The predicted octanol–water partition coefficient (Wildman–Crippen LogP) is 6.19. The molecule has 0 N–H and O–H groups in total. The molecule has 0 heterocycles. The maximum Gasteiger partial charge on any atom is 0.173 e. The molecule has 3 aromatic carbocycles. The van der Waals surface area contributed by atoms with Crippen LogP contribution in [-0.2, 0) is 0 Å². The normalized spacial score (nSPS) is 13.9. The van der Waals surface area contributed by atoms with Crippen LogP contribution in [0.5, 0.6) is 34.5 Å². The molecule has 0 atom stereocenters. The molecule has 4 rings (SSSR count). The van der Waals surface area contributed by atoms with Crippen LogP contribution < -0.4 is 44.0 Å². The van der Waals surface area contributed by atoms with E-state index in [1.165, 1.54) is 22.3 Å². The molecule has 0 fully saturated rings. The highest BCUT2D eigenvalue weighted by Gasteiger charge is 2.55. The maximum atomic E-state index is 6.34. The van der Waals surface area contributed by atoms with Gasteiger partial charge in [0.15, 0.2) is 8.07 Å². The molecule has 6 nitrogen and oxygen atoms in total. The van der Waals surface area contributed by atoms with Crippen LogP contribution in [0.2, 0.25) is 5.54 Å². The van der Waals surface area contributed by atoms with E-state index in [1.807, 2.05) is 0 Å². The minimum atomic E-state index is -3.26. The summed E-state index contributed by atoms with van der Waals surface area (Å²) in [5, 5.41) is 3.35. The van der Waals surface area contributed by atoms with Crippen LogP contribution in [0.4, 0.5) is 0 Å². The largest absolute Gasteiger partial charge is 0.496 e. The van der Waals surface area contributed by atoms with Crippen molar-refractivity contribution in [1.82, 2.24) is 0 Å². The van der Waals surface area contributed by atoms with Crippen molar-refractivity contribution in [3.8, 4) is 34.5 Å². The van der Waals surface area contributed by atoms with Gasteiger partial charge in [0.25, 0.3) is 0 Å². The highest BCUT2D eigenvalue weighted by Crippen LogP contribution is 2.50. The molecule has 3 aromatic rings. The Kier molecular flexibility index (Phi) is 9.26. The van der Waals surface area contributed by atoms with Crippen LogP contribution in [0, 0.1) is 20.8 Å². The first-order chi connectivity index (χ1) is 20.5. The summed E-state index contributed by atoms with van der Waals surface area (Å²) in [5.41, 5.74) is 8.19. The van der Waals surface area contributed by atoms with Gasteiger partial charge in [0.2, 0.25) is 0 Å². The first kappa shape index (κ1) is 32.1. The van der Waals surface area contributed by atoms with Gasteiger partial charge in [0.05, 0.1) is 42.7 Å². The van der Waals surface area contributed by atoms with Crippen LogP contribution in [-0.4, -0.2) is 50.7 Å². The summed E-state index contributed by atoms with van der Waals surface area (Å²) in [5.74, 6) is 4.74. The summed E-state index contributed by atoms with van der Waals surface area (Å²) in [6, 6.07) is 12.8. The fraction of sp³-hybridized carbons (Fsp3) is 0.389. The van der Waals surface area contributed by atoms with Gasteiger partial charge >= 0.3 is 0 Å². The molecule has 0 aromatic heterocycles. The summed E-state index contributed by atoms with van der Waals surface area (Å²) in [6.07, 6.45) is 0. The van der Waals surface area contributed by atoms with Crippen LogP contribution in [0.25, 0.3) is 0 Å². The molecule has 0 amide bonds. The molecule has 0 bridgehead atoms. The third-order valence-electron chi connectivity index (χ3n) is 9.66. The van der Waals surface area contributed by atoms with Crippen LogP contribution >= 0.6 is 0 Å². The predicted molar refractivity (Wildman–Crippen MR) is 178 cm³/mol. The summed E-state index contributed by atoms with van der Waals surface area (Å²) in [6.45, 7) is 15.2. The second-order valence-corrected chi connectivity index (χ2v) is 15.1. The first-order valence-corrected chi connectivity index (χ1v) is 16.6. The molecule has 1 aliphatic rings. The monoisotopic (exact) mass is 602 g/mol. The fourth-order valence-electron chi connectivity index (χ4n) is 7.31. The van der Waals surface area contributed by atoms with Gasteiger partial charge in [-0.05, 0) is 93.4 Å². The van der Waals surface area contributed by atoms with E-state index in [4.69, 9.17) is 28.4 Å². The third-order valence-corrected chi connectivity index (χ3v) is 15.1. The molecule has 0 radical (unpaired) electrons. The lowest BCUT2D eigenvalue weighted by Gasteiger charge is -2.43. The van der Waals surface area contributed by atoms with Crippen molar-refractivity contribution in [3.63, 3.8) is 0 Å². The average molecular weight is 603 g/mol. The SMILES string of the molecule is COc1ccc([Si](c2ccc(OC)c(C)c2OC)(c2ccc(OC)c(C)c2OC)C2C(C)=C(C)C(C)=C2C)c(OC)c1C. The van der Waals surface area contributed by atoms with Gasteiger partial charge in [-0.3, -0.25) is 0 Å². The number of hydrogen-bond donors (Lipinski definition) is 0. The van der Waals surface area contributed by atoms with E-state index in [1.54, 1.807) is 42.7 Å². The van der Waals surface area contributed by atoms with E-state index in [2.05, 4.69) is 84.9 Å². The summed E-state index contributed by atoms with van der Waals surface area (Å²) < 4.78 is 36.4. The standard InChI is InChI=1S/C36H46O6Si/c1-20-21(2)23(4)36(22(20)3)43(30-17-14-27(37-8)24(5)33(30)40-11,31-18-15-28(38-9)25(6)34(31)41-12)32-19-16-29(39-10)26(7)35(32)42-13/h14-19,36H,1-13H3. The van der Waals surface area contributed by atoms with Crippen molar-refractivity contribution in [2.24, 2.45) is 0 Å². The van der Waals surface area contributed by atoms with Gasteiger partial charge in [0.1, 0.15) is 34.5 Å². The van der Waals surface area contributed by atoms with Crippen molar-refractivity contribution in [1.29, 1.82) is 0 Å². The topological polar surface area (TPSA) is 55.4 Å². The Morgan fingerprint density at radius 1 is 0.419 bits per heavy atom. The molecule has 0 aliphatic heterocycles. The summed E-state index contributed by atoms with van der Waals surface area (Å²) in [7, 11) is 7.06. The van der Waals surface area contributed by atoms with Crippen molar-refractivity contribution in [2.45, 2.75) is 54.0 Å².